The quantitative estimate of drug-likeness (QED) is 0.892. The summed E-state index contributed by atoms with van der Waals surface area (Å²) in [5, 5.41) is 12.0. The molecule has 0 spiro atoms. The molecule has 2 heterocycles. The topological polar surface area (TPSA) is 52.6 Å². The van der Waals surface area contributed by atoms with Crippen molar-refractivity contribution in [3.05, 3.63) is 21.3 Å². The van der Waals surface area contributed by atoms with Crippen molar-refractivity contribution in [2.24, 2.45) is 0 Å². The average Bonchev–Trinajstić information content (AvgIpc) is 2.97. The molecule has 2 amide bonds. The van der Waals surface area contributed by atoms with E-state index >= 15 is 0 Å². The van der Waals surface area contributed by atoms with Crippen molar-refractivity contribution in [3.8, 4) is 0 Å². The Labute approximate surface area is 116 Å². The molecule has 1 aromatic rings. The van der Waals surface area contributed by atoms with E-state index in [1.807, 2.05) is 12.1 Å². The summed E-state index contributed by atoms with van der Waals surface area (Å²) in [7, 11) is 0. The van der Waals surface area contributed by atoms with Gasteiger partial charge in [-0.3, -0.25) is 0 Å². The van der Waals surface area contributed by atoms with E-state index in [1.165, 1.54) is 16.2 Å². The van der Waals surface area contributed by atoms with Gasteiger partial charge in [0.1, 0.15) is 0 Å². The first-order valence-electron chi connectivity index (χ1n) is 6.10. The number of likely N-dealkylation sites (tertiary alicyclic amines) is 1. The molecule has 1 fully saturated rings. The van der Waals surface area contributed by atoms with Crippen LogP contribution in [0, 0.1) is 0 Å². The largest absolute Gasteiger partial charge is 0.394 e. The van der Waals surface area contributed by atoms with Crippen LogP contribution in [0.15, 0.2) is 12.1 Å². The van der Waals surface area contributed by atoms with Gasteiger partial charge in [-0.25, -0.2) is 4.79 Å². The Morgan fingerprint density at radius 2 is 2.44 bits per heavy atom. The summed E-state index contributed by atoms with van der Waals surface area (Å²) in [6.45, 7) is 1.39. The van der Waals surface area contributed by atoms with E-state index in [2.05, 4.69) is 5.32 Å². The van der Waals surface area contributed by atoms with E-state index in [4.69, 9.17) is 16.7 Å². The van der Waals surface area contributed by atoms with Gasteiger partial charge in [0.05, 0.1) is 17.0 Å². The van der Waals surface area contributed by atoms with Gasteiger partial charge in [-0.05, 0) is 31.4 Å². The number of hydrogen-bond acceptors (Lipinski definition) is 3. The van der Waals surface area contributed by atoms with Crippen molar-refractivity contribution in [1.82, 2.24) is 10.2 Å². The zero-order chi connectivity index (χ0) is 13.0. The first-order chi connectivity index (χ1) is 8.70. The van der Waals surface area contributed by atoms with Crippen LogP contribution in [0.25, 0.3) is 0 Å². The van der Waals surface area contributed by atoms with E-state index in [-0.39, 0.29) is 18.7 Å². The second-order valence-electron chi connectivity index (χ2n) is 4.36. The lowest BCUT2D eigenvalue weighted by molar-refractivity contribution is 0.157. The number of carbonyl (C=O) groups is 1. The summed E-state index contributed by atoms with van der Waals surface area (Å²) in [6, 6.07) is 3.76. The molecule has 0 bridgehead atoms. The van der Waals surface area contributed by atoms with E-state index in [1.54, 1.807) is 4.90 Å². The van der Waals surface area contributed by atoms with Crippen molar-refractivity contribution < 1.29 is 9.90 Å². The molecular formula is C12H17ClN2O2S. The van der Waals surface area contributed by atoms with Crippen LogP contribution < -0.4 is 5.32 Å². The highest BCUT2D eigenvalue weighted by Crippen LogP contribution is 2.21. The Bertz CT molecular complexity index is 411. The maximum absolute atomic E-state index is 11.9. The molecule has 1 atom stereocenters. The molecule has 0 aromatic carbocycles. The summed E-state index contributed by atoms with van der Waals surface area (Å²) in [4.78, 5) is 14.8. The monoisotopic (exact) mass is 288 g/mol. The van der Waals surface area contributed by atoms with Crippen LogP contribution in [0.5, 0.6) is 0 Å². The summed E-state index contributed by atoms with van der Waals surface area (Å²) in [5.74, 6) is 0. The van der Waals surface area contributed by atoms with Crippen LogP contribution in [0.1, 0.15) is 17.7 Å². The lowest BCUT2D eigenvalue weighted by atomic mass is 10.2. The molecule has 4 nitrogen and oxygen atoms in total. The number of aliphatic hydroxyl groups is 1. The molecule has 1 aliphatic rings. The second kappa shape index (κ2) is 6.41. The number of halogens is 1. The highest BCUT2D eigenvalue weighted by molar-refractivity contribution is 7.16. The van der Waals surface area contributed by atoms with Gasteiger partial charge in [0.2, 0.25) is 0 Å². The third-order valence-corrected chi connectivity index (χ3v) is 4.42. The minimum Gasteiger partial charge on any atom is -0.394 e. The molecule has 2 rings (SSSR count). The SMILES string of the molecule is O=C(NCCc1ccc(Cl)s1)N1CCCC1CO. The predicted molar refractivity (Wildman–Crippen MR) is 73.2 cm³/mol. The number of carbonyl (C=O) groups excluding carboxylic acids is 1. The fourth-order valence-electron chi connectivity index (χ4n) is 2.17. The summed E-state index contributed by atoms with van der Waals surface area (Å²) in [6.07, 6.45) is 2.66. The van der Waals surface area contributed by atoms with Gasteiger partial charge < -0.3 is 15.3 Å². The van der Waals surface area contributed by atoms with Crippen molar-refractivity contribution in [2.45, 2.75) is 25.3 Å². The molecule has 6 heteroatoms. The van der Waals surface area contributed by atoms with E-state index in [9.17, 15) is 4.79 Å². The molecule has 0 radical (unpaired) electrons. The maximum Gasteiger partial charge on any atom is 0.317 e. The first-order valence-corrected chi connectivity index (χ1v) is 7.29. The van der Waals surface area contributed by atoms with Gasteiger partial charge in [0.25, 0.3) is 0 Å². The van der Waals surface area contributed by atoms with E-state index < -0.39 is 0 Å². The lowest BCUT2D eigenvalue weighted by Crippen LogP contribution is -2.44. The standard InChI is InChI=1S/C12H17ClN2O2S/c13-11-4-3-10(18-11)5-6-14-12(17)15-7-1-2-9(15)8-16/h3-4,9,16H,1-2,5-8H2,(H,14,17). The highest BCUT2D eigenvalue weighted by Gasteiger charge is 2.27. The molecule has 0 saturated carbocycles. The van der Waals surface area contributed by atoms with Gasteiger partial charge in [-0.1, -0.05) is 11.6 Å². The van der Waals surface area contributed by atoms with Gasteiger partial charge in [0.15, 0.2) is 0 Å². The van der Waals surface area contributed by atoms with Crippen molar-refractivity contribution in [3.63, 3.8) is 0 Å². The third kappa shape index (κ3) is 3.37. The van der Waals surface area contributed by atoms with Crippen LogP contribution >= 0.6 is 22.9 Å². The van der Waals surface area contributed by atoms with Crippen LogP contribution in [-0.2, 0) is 6.42 Å². The van der Waals surface area contributed by atoms with Crippen molar-refractivity contribution in [2.75, 3.05) is 19.7 Å². The zero-order valence-corrected chi connectivity index (χ0v) is 11.6. The minimum absolute atomic E-state index is 0.0128. The Balaban J connectivity index is 1.74. The lowest BCUT2D eigenvalue weighted by Gasteiger charge is -2.23. The molecular weight excluding hydrogens is 272 g/mol. The zero-order valence-electron chi connectivity index (χ0n) is 10.1. The smallest absolute Gasteiger partial charge is 0.317 e. The maximum atomic E-state index is 11.9. The van der Waals surface area contributed by atoms with Crippen LogP contribution in [0.2, 0.25) is 4.34 Å². The Morgan fingerprint density at radius 3 is 3.11 bits per heavy atom. The molecule has 1 saturated heterocycles. The number of hydrogen-bond donors (Lipinski definition) is 2. The number of aliphatic hydroxyl groups excluding tert-OH is 1. The summed E-state index contributed by atoms with van der Waals surface area (Å²) >= 11 is 7.38. The third-order valence-electron chi connectivity index (χ3n) is 3.13. The van der Waals surface area contributed by atoms with Crippen LogP contribution in [0.4, 0.5) is 4.79 Å². The number of nitrogens with one attached hydrogen (secondary N) is 1. The fourth-order valence-corrected chi connectivity index (χ4v) is 3.26. The predicted octanol–water partition coefficient (Wildman–Crippen LogP) is 2.11. The average molecular weight is 289 g/mol. The van der Waals surface area contributed by atoms with E-state index in [0.29, 0.717) is 6.54 Å². The number of thiophene rings is 1. The summed E-state index contributed by atoms with van der Waals surface area (Å²) < 4.78 is 0.774. The molecule has 1 unspecified atom stereocenters. The minimum atomic E-state index is -0.0748. The number of rotatable bonds is 4. The van der Waals surface area contributed by atoms with Gasteiger partial charge in [0, 0.05) is 18.0 Å². The van der Waals surface area contributed by atoms with Gasteiger partial charge >= 0.3 is 6.03 Å². The highest BCUT2D eigenvalue weighted by atomic mass is 35.5. The summed E-state index contributed by atoms with van der Waals surface area (Å²) in [5.41, 5.74) is 0. The van der Waals surface area contributed by atoms with Crippen molar-refractivity contribution in [1.29, 1.82) is 0 Å². The van der Waals surface area contributed by atoms with Gasteiger partial charge in [-0.15, -0.1) is 11.3 Å². The fraction of sp³-hybridized carbons (Fsp3) is 0.583. The number of amides is 2. The van der Waals surface area contributed by atoms with Crippen molar-refractivity contribution >= 4 is 29.0 Å². The normalized spacial score (nSPS) is 19.2. The van der Waals surface area contributed by atoms with E-state index in [0.717, 1.165) is 30.1 Å². The second-order valence-corrected chi connectivity index (χ2v) is 6.16. The molecule has 2 N–H and O–H groups in total. The number of nitrogens with zero attached hydrogens (tertiary/aromatic N) is 1. The van der Waals surface area contributed by atoms with Crippen LogP contribution in [0.3, 0.4) is 0 Å². The molecule has 1 aromatic heterocycles. The Kier molecular flexibility index (Phi) is 4.86. The van der Waals surface area contributed by atoms with Gasteiger partial charge in [-0.2, -0.15) is 0 Å². The number of urea groups is 1. The molecule has 18 heavy (non-hydrogen) atoms. The Morgan fingerprint density at radius 1 is 1.61 bits per heavy atom. The molecule has 1 aliphatic heterocycles. The molecule has 0 aliphatic carbocycles. The molecule has 100 valence electrons. The first kappa shape index (κ1) is 13.6. The van der Waals surface area contributed by atoms with Crippen LogP contribution in [-0.4, -0.2) is 41.8 Å². The Hall–Kier alpha value is -0.780.